The van der Waals surface area contributed by atoms with E-state index in [1.165, 1.54) is 12.8 Å². The van der Waals surface area contributed by atoms with Crippen LogP contribution in [0.4, 0.5) is 0 Å². The third-order valence-corrected chi connectivity index (χ3v) is 7.43. The number of hydrogen-bond donors (Lipinski definition) is 0. The number of ether oxygens (including phenoxy) is 1. The standard InChI is InChI=1S/C20H27N5O2S/c1-12-21-16(11-28-12)7-20(26)24-8-14-5-18(19(27-2)6-15(14)9-24)25-10-17(22-23-25)13-3-4-13/h10-11,13-15,18-19H,3-9H2,1-2H3/t14-,15+,18-,19-/m1/s1. The van der Waals surface area contributed by atoms with E-state index >= 15 is 0 Å². The lowest BCUT2D eigenvalue weighted by Gasteiger charge is -2.36. The van der Waals surface area contributed by atoms with E-state index in [4.69, 9.17) is 4.74 Å². The SMILES string of the molecule is CO[C@@H]1C[C@H]2CN(C(=O)Cc3csc(C)n3)C[C@H]2C[C@H]1n1cc(C2CC2)nn1. The van der Waals surface area contributed by atoms with Crippen LogP contribution in [0.1, 0.15) is 54.0 Å². The number of carbonyl (C=O) groups is 1. The van der Waals surface area contributed by atoms with Crippen LogP contribution in [-0.4, -0.2) is 57.1 Å². The largest absolute Gasteiger partial charge is 0.379 e. The third-order valence-electron chi connectivity index (χ3n) is 6.60. The maximum absolute atomic E-state index is 12.8. The quantitative estimate of drug-likeness (QED) is 0.770. The molecule has 5 rings (SSSR count). The number of nitrogens with zero attached hydrogens (tertiary/aromatic N) is 5. The van der Waals surface area contributed by atoms with E-state index in [9.17, 15) is 4.79 Å². The fourth-order valence-electron chi connectivity index (χ4n) is 4.90. The third kappa shape index (κ3) is 3.48. The molecule has 0 aromatic carbocycles. The Hall–Kier alpha value is -1.80. The predicted molar refractivity (Wildman–Crippen MR) is 105 cm³/mol. The summed E-state index contributed by atoms with van der Waals surface area (Å²) in [5.74, 6) is 1.82. The van der Waals surface area contributed by atoms with E-state index < -0.39 is 0 Å². The number of carbonyl (C=O) groups excluding carboxylic acids is 1. The molecule has 2 aromatic heterocycles. The molecular weight excluding hydrogens is 374 g/mol. The molecule has 28 heavy (non-hydrogen) atoms. The van der Waals surface area contributed by atoms with Crippen molar-refractivity contribution in [2.24, 2.45) is 11.8 Å². The molecule has 0 radical (unpaired) electrons. The molecule has 0 N–H and O–H groups in total. The second-order valence-electron chi connectivity index (χ2n) is 8.56. The average molecular weight is 402 g/mol. The molecule has 1 aliphatic heterocycles. The summed E-state index contributed by atoms with van der Waals surface area (Å²) in [6.45, 7) is 3.65. The molecule has 0 unspecified atom stereocenters. The minimum Gasteiger partial charge on any atom is -0.379 e. The summed E-state index contributed by atoms with van der Waals surface area (Å²) in [6.07, 6.45) is 7.10. The Morgan fingerprint density at radius 1 is 1.29 bits per heavy atom. The van der Waals surface area contributed by atoms with Crippen LogP contribution in [-0.2, 0) is 16.0 Å². The lowest BCUT2D eigenvalue weighted by Crippen LogP contribution is -2.37. The molecule has 0 bridgehead atoms. The van der Waals surface area contributed by atoms with Crippen LogP contribution < -0.4 is 0 Å². The summed E-state index contributed by atoms with van der Waals surface area (Å²) < 4.78 is 7.87. The molecule has 2 saturated carbocycles. The minimum absolute atomic E-state index is 0.131. The summed E-state index contributed by atoms with van der Waals surface area (Å²) in [6, 6.07) is 0.211. The van der Waals surface area contributed by atoms with E-state index in [-0.39, 0.29) is 18.1 Å². The highest BCUT2D eigenvalue weighted by molar-refractivity contribution is 7.09. The second-order valence-corrected chi connectivity index (χ2v) is 9.63. The number of aromatic nitrogens is 4. The van der Waals surface area contributed by atoms with Gasteiger partial charge < -0.3 is 9.64 Å². The predicted octanol–water partition coefficient (Wildman–Crippen LogP) is 2.59. The number of rotatable bonds is 5. The van der Waals surface area contributed by atoms with Crippen molar-refractivity contribution in [3.05, 3.63) is 28.0 Å². The Bertz CT molecular complexity index is 860. The molecule has 150 valence electrons. The van der Waals surface area contributed by atoms with Crippen molar-refractivity contribution >= 4 is 17.2 Å². The molecule has 2 aromatic rings. The molecule has 1 amide bonds. The lowest BCUT2D eigenvalue weighted by molar-refractivity contribution is -0.129. The van der Waals surface area contributed by atoms with Crippen molar-refractivity contribution < 1.29 is 9.53 Å². The second kappa shape index (κ2) is 7.22. The molecule has 3 aliphatic rings. The number of methoxy groups -OCH3 is 1. The molecule has 4 atom stereocenters. The van der Waals surface area contributed by atoms with E-state index in [0.29, 0.717) is 24.2 Å². The highest BCUT2D eigenvalue weighted by atomic mass is 32.1. The first-order valence-corrected chi connectivity index (χ1v) is 11.1. The molecular formula is C20H27N5O2S. The number of amides is 1. The van der Waals surface area contributed by atoms with Gasteiger partial charge in [0, 0.05) is 37.7 Å². The van der Waals surface area contributed by atoms with Crippen LogP contribution >= 0.6 is 11.3 Å². The lowest BCUT2D eigenvalue weighted by atomic mass is 9.77. The van der Waals surface area contributed by atoms with E-state index in [1.54, 1.807) is 18.4 Å². The highest BCUT2D eigenvalue weighted by Crippen LogP contribution is 2.43. The maximum atomic E-state index is 12.8. The van der Waals surface area contributed by atoms with Crippen molar-refractivity contribution in [2.45, 2.75) is 57.1 Å². The van der Waals surface area contributed by atoms with Crippen molar-refractivity contribution in [2.75, 3.05) is 20.2 Å². The molecule has 2 aliphatic carbocycles. The van der Waals surface area contributed by atoms with Gasteiger partial charge in [-0.2, -0.15) is 0 Å². The average Bonchev–Trinajstić information content (AvgIpc) is 3.09. The Kier molecular flexibility index (Phi) is 4.71. The van der Waals surface area contributed by atoms with E-state index in [0.717, 1.165) is 42.3 Å². The molecule has 3 heterocycles. The molecule has 1 saturated heterocycles. The van der Waals surface area contributed by atoms with Crippen LogP contribution in [0.5, 0.6) is 0 Å². The van der Waals surface area contributed by atoms with Crippen LogP contribution in [0, 0.1) is 18.8 Å². The number of fused-ring (bicyclic) bond motifs is 1. The zero-order chi connectivity index (χ0) is 19.3. The van der Waals surface area contributed by atoms with Gasteiger partial charge in [0.25, 0.3) is 0 Å². The van der Waals surface area contributed by atoms with Crippen molar-refractivity contribution in [3.63, 3.8) is 0 Å². The van der Waals surface area contributed by atoms with Gasteiger partial charge in [-0.3, -0.25) is 4.79 Å². The number of likely N-dealkylation sites (tertiary alicyclic amines) is 1. The monoisotopic (exact) mass is 401 g/mol. The van der Waals surface area contributed by atoms with Gasteiger partial charge in [-0.05, 0) is 44.4 Å². The van der Waals surface area contributed by atoms with Crippen molar-refractivity contribution in [1.29, 1.82) is 0 Å². The fourth-order valence-corrected chi connectivity index (χ4v) is 5.51. The van der Waals surface area contributed by atoms with Crippen LogP contribution in [0.2, 0.25) is 0 Å². The Balaban J connectivity index is 1.26. The van der Waals surface area contributed by atoms with Gasteiger partial charge in [-0.1, -0.05) is 5.21 Å². The smallest absolute Gasteiger partial charge is 0.228 e. The summed E-state index contributed by atoms with van der Waals surface area (Å²) in [5.41, 5.74) is 2.02. The van der Waals surface area contributed by atoms with Gasteiger partial charge in [-0.25, -0.2) is 9.67 Å². The molecule has 7 nitrogen and oxygen atoms in total. The van der Waals surface area contributed by atoms with Crippen molar-refractivity contribution in [1.82, 2.24) is 24.9 Å². The van der Waals surface area contributed by atoms with Crippen LogP contribution in [0.3, 0.4) is 0 Å². The van der Waals surface area contributed by atoms with E-state index in [2.05, 4.69) is 21.5 Å². The normalized spacial score (nSPS) is 29.9. The van der Waals surface area contributed by atoms with Crippen LogP contribution in [0.15, 0.2) is 11.6 Å². The summed E-state index contributed by atoms with van der Waals surface area (Å²) in [4.78, 5) is 19.3. The van der Waals surface area contributed by atoms with Gasteiger partial charge in [0.1, 0.15) is 0 Å². The summed E-state index contributed by atoms with van der Waals surface area (Å²) >= 11 is 1.60. The van der Waals surface area contributed by atoms with Gasteiger partial charge in [0.15, 0.2) is 0 Å². The number of thiazole rings is 1. The van der Waals surface area contributed by atoms with Gasteiger partial charge in [0.2, 0.25) is 5.91 Å². The maximum Gasteiger partial charge on any atom is 0.228 e. The van der Waals surface area contributed by atoms with Gasteiger partial charge in [-0.15, -0.1) is 16.4 Å². The zero-order valence-electron chi connectivity index (χ0n) is 16.5. The topological polar surface area (TPSA) is 73.1 Å². The Labute approximate surface area is 169 Å². The Morgan fingerprint density at radius 2 is 2.07 bits per heavy atom. The first-order valence-electron chi connectivity index (χ1n) is 10.2. The minimum atomic E-state index is 0.131. The number of aryl methyl sites for hydroxylation is 1. The number of hydrogen-bond acceptors (Lipinski definition) is 6. The molecule has 8 heteroatoms. The summed E-state index contributed by atoms with van der Waals surface area (Å²) in [7, 11) is 1.79. The summed E-state index contributed by atoms with van der Waals surface area (Å²) in [5, 5.41) is 11.8. The highest BCUT2D eigenvalue weighted by Gasteiger charge is 2.44. The zero-order valence-corrected chi connectivity index (χ0v) is 17.3. The van der Waals surface area contributed by atoms with Gasteiger partial charge in [0.05, 0.1) is 35.0 Å². The first-order chi connectivity index (χ1) is 13.6. The fraction of sp³-hybridized carbons (Fsp3) is 0.700. The van der Waals surface area contributed by atoms with Crippen molar-refractivity contribution in [3.8, 4) is 0 Å². The molecule has 0 spiro atoms. The Morgan fingerprint density at radius 3 is 2.75 bits per heavy atom. The van der Waals surface area contributed by atoms with Gasteiger partial charge >= 0.3 is 0 Å². The van der Waals surface area contributed by atoms with E-state index in [1.807, 2.05) is 21.9 Å². The molecule has 3 fully saturated rings. The van der Waals surface area contributed by atoms with Crippen LogP contribution in [0.25, 0.3) is 0 Å². The first kappa shape index (κ1) is 18.2.